The molecular formula is C55H60F2N14O4. The molecule has 4 N–H and O–H groups in total. The number of aryl methyl sites for hydroxylation is 2. The number of hydrogen-bond donors (Lipinski definition) is 4. The minimum absolute atomic E-state index is 0.00954. The Kier molecular flexibility index (Phi) is 14.6. The molecule has 0 atom stereocenters. The third kappa shape index (κ3) is 10.9. The first kappa shape index (κ1) is 50.4. The van der Waals surface area contributed by atoms with Crippen LogP contribution in [0.2, 0.25) is 0 Å². The second-order valence-corrected chi connectivity index (χ2v) is 19.1. The zero-order valence-corrected chi connectivity index (χ0v) is 43.1. The van der Waals surface area contributed by atoms with Gasteiger partial charge in [-0.05, 0) is 113 Å². The number of amides is 1. The van der Waals surface area contributed by atoms with Crippen molar-refractivity contribution in [1.29, 1.82) is 0 Å². The van der Waals surface area contributed by atoms with E-state index >= 15 is 0 Å². The maximum atomic E-state index is 14.9. The number of aromatic nitrogens is 9. The van der Waals surface area contributed by atoms with Crippen molar-refractivity contribution in [3.05, 3.63) is 114 Å². The lowest BCUT2D eigenvalue weighted by molar-refractivity contribution is 0.0962. The van der Waals surface area contributed by atoms with Crippen molar-refractivity contribution in [3.63, 3.8) is 0 Å². The number of halogens is 2. The summed E-state index contributed by atoms with van der Waals surface area (Å²) in [6.07, 6.45) is 9.19. The molecule has 9 aromatic rings. The van der Waals surface area contributed by atoms with E-state index in [-0.39, 0.29) is 35.2 Å². The third-order valence-corrected chi connectivity index (χ3v) is 13.7. The molecule has 1 aliphatic heterocycles. The number of nitrogens with zero attached hydrogens (tertiary/aromatic N) is 10. The summed E-state index contributed by atoms with van der Waals surface area (Å²) in [5, 5.41) is 9.70. The van der Waals surface area contributed by atoms with Gasteiger partial charge in [0.2, 0.25) is 17.8 Å². The van der Waals surface area contributed by atoms with Crippen LogP contribution in [0, 0.1) is 25.5 Å². The van der Waals surface area contributed by atoms with E-state index in [1.807, 2.05) is 75.0 Å². The highest BCUT2D eigenvalue weighted by atomic mass is 19.1. The van der Waals surface area contributed by atoms with Crippen LogP contribution < -0.4 is 25.4 Å². The van der Waals surface area contributed by atoms with Crippen LogP contribution in [-0.4, -0.2) is 113 Å². The Bertz CT molecular complexity index is 3510. The highest BCUT2D eigenvalue weighted by molar-refractivity contribution is 5.99. The van der Waals surface area contributed by atoms with Crippen LogP contribution in [0.4, 0.5) is 32.2 Å². The minimum Gasteiger partial charge on any atom is -0.495 e. The van der Waals surface area contributed by atoms with Crippen molar-refractivity contribution in [3.8, 4) is 34.0 Å². The van der Waals surface area contributed by atoms with Crippen LogP contribution in [0.1, 0.15) is 80.1 Å². The highest BCUT2D eigenvalue weighted by Gasteiger charge is 2.24. The fraction of sp³-hybridized carbons (Fsp3) is 0.345. The van der Waals surface area contributed by atoms with Crippen LogP contribution in [0.15, 0.2) is 83.7 Å². The van der Waals surface area contributed by atoms with E-state index in [1.54, 1.807) is 38.4 Å². The number of carbonyl (C=O) groups is 1. The summed E-state index contributed by atoms with van der Waals surface area (Å²) in [5.41, 5.74) is 7.48. The van der Waals surface area contributed by atoms with Gasteiger partial charge in [0.1, 0.15) is 45.9 Å². The summed E-state index contributed by atoms with van der Waals surface area (Å²) >= 11 is 0. The molecule has 0 bridgehead atoms. The van der Waals surface area contributed by atoms with Gasteiger partial charge in [0.05, 0.1) is 29.9 Å². The molecule has 75 heavy (non-hydrogen) atoms. The van der Waals surface area contributed by atoms with E-state index in [9.17, 15) is 13.6 Å². The SMILES string of the molecule is CCN1CCN(Cc2ccc(Nc3ncc(F)c(-c4cc(F)c5nc(C)n(C(C)C)c5c4)n3)nc2)CC1.CNC(=O)c1ccc(Nc2nc(OC3CCCC3)c3c(-c4ccc5nc(C)oc5c4)c[nH]c3n2)c(OC)c1. The number of imidazole rings is 1. The number of likely N-dealkylation sites (N-methyl/N-ethyl adjacent to an activating group) is 1. The summed E-state index contributed by atoms with van der Waals surface area (Å²) in [4.78, 5) is 51.4. The smallest absolute Gasteiger partial charge is 0.251 e. The van der Waals surface area contributed by atoms with Gasteiger partial charge < -0.3 is 44.3 Å². The fourth-order valence-corrected chi connectivity index (χ4v) is 9.86. The maximum absolute atomic E-state index is 14.9. The van der Waals surface area contributed by atoms with Crippen LogP contribution >= 0.6 is 0 Å². The maximum Gasteiger partial charge on any atom is 0.251 e. The predicted molar refractivity (Wildman–Crippen MR) is 285 cm³/mol. The third-order valence-electron chi connectivity index (χ3n) is 13.7. The molecular weight excluding hydrogens is 959 g/mol. The topological polar surface area (TPSA) is 202 Å². The van der Waals surface area contributed by atoms with Crippen molar-refractivity contribution >= 4 is 62.5 Å². The average Bonchev–Trinajstić information content (AvgIpc) is 4.24. The molecule has 2 aliphatic rings. The first-order chi connectivity index (χ1) is 36.3. The van der Waals surface area contributed by atoms with Gasteiger partial charge in [-0.3, -0.25) is 9.69 Å². The summed E-state index contributed by atoms with van der Waals surface area (Å²) in [6, 6.07) is 18.0. The summed E-state index contributed by atoms with van der Waals surface area (Å²) in [7, 11) is 3.14. The molecule has 1 saturated carbocycles. The molecule has 20 heteroatoms. The van der Waals surface area contributed by atoms with Gasteiger partial charge in [-0.15, -0.1) is 0 Å². The van der Waals surface area contributed by atoms with Crippen LogP contribution in [0.3, 0.4) is 0 Å². The summed E-state index contributed by atoms with van der Waals surface area (Å²) in [6.45, 7) is 16.1. The number of methoxy groups -OCH3 is 1. The summed E-state index contributed by atoms with van der Waals surface area (Å²) in [5.74, 6) is 2.06. The largest absolute Gasteiger partial charge is 0.495 e. The van der Waals surface area contributed by atoms with Gasteiger partial charge in [0, 0.05) is 81.8 Å². The fourth-order valence-electron chi connectivity index (χ4n) is 9.86. The Morgan fingerprint density at radius 2 is 1.65 bits per heavy atom. The van der Waals surface area contributed by atoms with Gasteiger partial charge in [-0.2, -0.15) is 9.97 Å². The molecule has 0 spiro atoms. The molecule has 2 fully saturated rings. The van der Waals surface area contributed by atoms with E-state index in [0.717, 1.165) is 104 Å². The van der Waals surface area contributed by atoms with E-state index in [1.165, 1.54) is 6.07 Å². The number of pyridine rings is 1. The van der Waals surface area contributed by atoms with E-state index < -0.39 is 11.6 Å². The first-order valence-corrected chi connectivity index (χ1v) is 25.3. The number of oxazole rings is 1. The van der Waals surface area contributed by atoms with Crippen molar-refractivity contribution in [1.82, 2.24) is 59.6 Å². The van der Waals surface area contributed by atoms with Crippen molar-refractivity contribution < 1.29 is 27.5 Å². The molecule has 0 unspecified atom stereocenters. The second kappa shape index (κ2) is 21.8. The van der Waals surface area contributed by atoms with Gasteiger partial charge in [0.15, 0.2) is 23.1 Å². The Morgan fingerprint density at radius 1 is 0.853 bits per heavy atom. The molecule has 388 valence electrons. The number of fused-ring (bicyclic) bond motifs is 3. The van der Waals surface area contributed by atoms with Gasteiger partial charge in [-0.25, -0.2) is 33.7 Å². The lowest BCUT2D eigenvalue weighted by Gasteiger charge is -2.33. The van der Waals surface area contributed by atoms with Crippen LogP contribution in [0.5, 0.6) is 11.6 Å². The molecule has 7 heterocycles. The molecule has 18 nitrogen and oxygen atoms in total. The van der Waals surface area contributed by atoms with E-state index in [0.29, 0.717) is 63.1 Å². The Labute approximate surface area is 432 Å². The number of anilines is 4. The quantitative estimate of drug-likeness (QED) is 0.0801. The molecule has 1 aliphatic carbocycles. The molecule has 1 saturated heterocycles. The van der Waals surface area contributed by atoms with Crippen LogP contribution in [-0.2, 0) is 6.54 Å². The van der Waals surface area contributed by atoms with Crippen molar-refractivity contribution in [2.24, 2.45) is 0 Å². The highest BCUT2D eigenvalue weighted by Crippen LogP contribution is 2.39. The predicted octanol–water partition coefficient (Wildman–Crippen LogP) is 10.4. The van der Waals surface area contributed by atoms with E-state index in [2.05, 4.69) is 62.6 Å². The van der Waals surface area contributed by atoms with Gasteiger partial charge in [-0.1, -0.05) is 19.1 Å². The molecule has 3 aromatic carbocycles. The Balaban J connectivity index is 0.000000171. The number of benzene rings is 3. The Hall–Kier alpha value is -8.10. The number of hydrogen-bond acceptors (Lipinski definition) is 15. The Morgan fingerprint density at radius 3 is 2.39 bits per heavy atom. The number of piperazine rings is 1. The lowest BCUT2D eigenvalue weighted by atomic mass is 10.1. The number of aromatic amines is 1. The average molecular weight is 1020 g/mol. The number of rotatable bonds is 14. The minimum atomic E-state index is -0.636. The van der Waals surface area contributed by atoms with Gasteiger partial charge >= 0.3 is 0 Å². The van der Waals surface area contributed by atoms with E-state index in [4.69, 9.17) is 23.9 Å². The number of nitrogens with one attached hydrogen (secondary N) is 4. The standard InChI is InChI=1S/C28H28N6O4.C27H32F2N8/c1-15-31-21-10-8-16(12-23(21)37-15)19-14-30-25-24(19)27(38-18-6-4-5-7-18)34-28(33-25)32-20-11-9-17(26(35)29-2)13-22(20)36-3;1-5-35-8-10-36(11-9-35)16-19-6-7-24(30-14-19)33-27-31-15-22(29)25(34-27)20-12-21(28)26-23(13-20)37(17(2)3)18(4)32-26/h8-14,18H,4-7H2,1-3H3,(H,29,35)(H2,30,32,33,34);6-7,12-15,17H,5,8-11,16H2,1-4H3,(H,30,31,33,34). The number of ether oxygens (including phenoxy) is 2. The second-order valence-electron chi connectivity index (χ2n) is 19.1. The molecule has 0 radical (unpaired) electrons. The first-order valence-electron chi connectivity index (χ1n) is 25.3. The normalized spacial score (nSPS) is 14.4. The molecule has 6 aromatic heterocycles. The van der Waals surface area contributed by atoms with Crippen LogP contribution in [0.25, 0.3) is 55.6 Å². The van der Waals surface area contributed by atoms with Crippen molar-refractivity contribution in [2.45, 2.75) is 79.0 Å². The van der Waals surface area contributed by atoms with Gasteiger partial charge in [0.25, 0.3) is 5.91 Å². The number of H-pyrrole nitrogens is 1. The summed E-state index contributed by atoms with van der Waals surface area (Å²) < 4.78 is 49.4. The lowest BCUT2D eigenvalue weighted by Crippen LogP contribution is -2.45. The monoisotopic (exact) mass is 1020 g/mol. The molecule has 1 amide bonds. The zero-order chi connectivity index (χ0) is 52.3. The number of carbonyl (C=O) groups excluding carboxylic acids is 1. The zero-order valence-electron chi connectivity index (χ0n) is 43.1. The van der Waals surface area contributed by atoms with Crippen molar-refractivity contribution in [2.75, 3.05) is 57.5 Å². The molecule has 11 rings (SSSR count).